The monoisotopic (exact) mass is 817 g/mol. The maximum absolute atomic E-state index is 14.2. The molecule has 0 fully saturated rings. The SMILES string of the molecule is CCCCCCCCCCCCCCCCCCC(CCCCCCCC)(CCCCCCCCCCCCCCCC)C(=O)OCCCCCCCCCCCC. The molecule has 0 aromatic rings. The molecule has 0 heterocycles. The molecule has 0 aliphatic rings. The van der Waals surface area contributed by atoms with E-state index in [0.29, 0.717) is 6.61 Å². The lowest BCUT2D eigenvalue weighted by Crippen LogP contribution is -2.34. The van der Waals surface area contributed by atoms with E-state index in [-0.39, 0.29) is 11.4 Å². The Bertz CT molecular complexity index is 762. The first-order chi connectivity index (χ1) is 28.7. The number of carbonyl (C=O) groups is 1. The molecule has 0 bridgehead atoms. The van der Waals surface area contributed by atoms with E-state index in [4.69, 9.17) is 4.74 Å². The Kier molecular flexibility index (Phi) is 48.7. The Balaban J connectivity index is 4.85. The molecule has 0 saturated carbocycles. The summed E-state index contributed by atoms with van der Waals surface area (Å²) < 4.78 is 6.29. The van der Waals surface area contributed by atoms with Crippen LogP contribution in [0.2, 0.25) is 0 Å². The van der Waals surface area contributed by atoms with Crippen LogP contribution >= 0.6 is 0 Å². The molecule has 1 atom stereocenters. The van der Waals surface area contributed by atoms with Crippen LogP contribution in [0.5, 0.6) is 0 Å². The van der Waals surface area contributed by atoms with Gasteiger partial charge in [0.25, 0.3) is 0 Å². The molecule has 58 heavy (non-hydrogen) atoms. The van der Waals surface area contributed by atoms with Gasteiger partial charge in [-0.25, -0.2) is 0 Å². The molecule has 2 nitrogen and oxygen atoms in total. The Morgan fingerprint density at radius 3 is 0.638 bits per heavy atom. The van der Waals surface area contributed by atoms with Crippen molar-refractivity contribution in [2.75, 3.05) is 6.61 Å². The van der Waals surface area contributed by atoms with Crippen molar-refractivity contribution in [3.05, 3.63) is 0 Å². The van der Waals surface area contributed by atoms with Crippen molar-refractivity contribution >= 4 is 5.97 Å². The second-order valence-electron chi connectivity index (χ2n) is 19.5. The number of hydrogen-bond donors (Lipinski definition) is 0. The highest BCUT2D eigenvalue weighted by Crippen LogP contribution is 2.39. The molecule has 2 heteroatoms. The van der Waals surface area contributed by atoms with E-state index in [9.17, 15) is 4.79 Å². The van der Waals surface area contributed by atoms with Gasteiger partial charge in [-0.15, -0.1) is 0 Å². The van der Waals surface area contributed by atoms with E-state index >= 15 is 0 Å². The average Bonchev–Trinajstić information content (AvgIpc) is 3.23. The number of rotatable bonds is 51. The molecule has 0 amide bonds. The third-order valence-electron chi connectivity index (χ3n) is 13.7. The van der Waals surface area contributed by atoms with Gasteiger partial charge in [-0.1, -0.05) is 317 Å². The van der Waals surface area contributed by atoms with E-state index in [1.165, 1.54) is 289 Å². The van der Waals surface area contributed by atoms with Gasteiger partial charge in [-0.3, -0.25) is 4.79 Å². The summed E-state index contributed by atoms with van der Waals surface area (Å²) in [5.41, 5.74) is -0.240. The van der Waals surface area contributed by atoms with Crippen molar-refractivity contribution in [3.8, 4) is 0 Å². The van der Waals surface area contributed by atoms with Crippen LogP contribution in [0.4, 0.5) is 0 Å². The Morgan fingerprint density at radius 2 is 0.431 bits per heavy atom. The van der Waals surface area contributed by atoms with Crippen molar-refractivity contribution in [1.29, 1.82) is 0 Å². The predicted octanol–water partition coefficient (Wildman–Crippen LogP) is 20.7. The standard InChI is InChI=1S/C56H112O2/c1-5-9-13-17-21-24-27-29-31-32-34-36-38-41-45-49-53-56(51-47-43-20-16-12-8-4,55(57)58-54-50-46-42-39-26-23-19-15-11-7-3)52-48-44-40-37-35-33-30-28-25-22-18-14-10-6-2/h5-54H2,1-4H3. The Morgan fingerprint density at radius 1 is 0.259 bits per heavy atom. The van der Waals surface area contributed by atoms with Crippen LogP contribution in [0.25, 0.3) is 0 Å². The summed E-state index contributed by atoms with van der Waals surface area (Å²) in [5.74, 6) is 0.188. The van der Waals surface area contributed by atoms with Crippen molar-refractivity contribution < 1.29 is 9.53 Å². The van der Waals surface area contributed by atoms with E-state index < -0.39 is 0 Å². The lowest BCUT2D eigenvalue weighted by molar-refractivity contribution is -0.158. The normalized spacial score (nSPS) is 12.7. The zero-order valence-electron chi connectivity index (χ0n) is 41.2. The maximum atomic E-state index is 14.2. The number of unbranched alkanes of at least 4 members (excludes halogenated alkanes) is 42. The fourth-order valence-corrected chi connectivity index (χ4v) is 9.50. The topological polar surface area (TPSA) is 26.3 Å². The summed E-state index contributed by atoms with van der Waals surface area (Å²) >= 11 is 0. The van der Waals surface area contributed by atoms with Gasteiger partial charge >= 0.3 is 5.97 Å². The summed E-state index contributed by atoms with van der Waals surface area (Å²) in [6.45, 7) is 9.87. The fraction of sp³-hybridized carbons (Fsp3) is 0.982. The molecule has 0 saturated heterocycles. The van der Waals surface area contributed by atoms with Gasteiger partial charge < -0.3 is 4.74 Å². The van der Waals surface area contributed by atoms with Gasteiger partial charge in [0.15, 0.2) is 0 Å². The molecule has 0 radical (unpaired) electrons. The molecule has 0 rings (SSSR count). The first-order valence-corrected chi connectivity index (χ1v) is 27.8. The quantitative estimate of drug-likeness (QED) is 0.0452. The highest BCUT2D eigenvalue weighted by molar-refractivity contribution is 5.76. The first-order valence-electron chi connectivity index (χ1n) is 27.8. The molecular weight excluding hydrogens is 705 g/mol. The molecule has 0 aliphatic heterocycles. The minimum absolute atomic E-state index is 0.188. The highest BCUT2D eigenvalue weighted by atomic mass is 16.5. The zero-order valence-corrected chi connectivity index (χ0v) is 41.2. The number of carbonyl (C=O) groups excluding carboxylic acids is 1. The van der Waals surface area contributed by atoms with Crippen LogP contribution in [0, 0.1) is 5.41 Å². The van der Waals surface area contributed by atoms with E-state index in [1.807, 2.05) is 0 Å². The third-order valence-corrected chi connectivity index (χ3v) is 13.7. The fourth-order valence-electron chi connectivity index (χ4n) is 9.50. The van der Waals surface area contributed by atoms with E-state index in [0.717, 1.165) is 25.7 Å². The van der Waals surface area contributed by atoms with Gasteiger partial charge in [0.1, 0.15) is 0 Å². The second-order valence-corrected chi connectivity index (χ2v) is 19.5. The number of ether oxygens (including phenoxy) is 1. The minimum atomic E-state index is -0.240. The average molecular weight is 818 g/mol. The number of esters is 1. The smallest absolute Gasteiger partial charge is 0.312 e. The summed E-state index contributed by atoms with van der Waals surface area (Å²) in [7, 11) is 0. The van der Waals surface area contributed by atoms with Crippen LogP contribution in [0.15, 0.2) is 0 Å². The molecular formula is C56H112O2. The van der Waals surface area contributed by atoms with E-state index in [2.05, 4.69) is 27.7 Å². The van der Waals surface area contributed by atoms with E-state index in [1.54, 1.807) is 0 Å². The minimum Gasteiger partial charge on any atom is -0.465 e. The van der Waals surface area contributed by atoms with Gasteiger partial charge in [-0.2, -0.15) is 0 Å². The maximum Gasteiger partial charge on any atom is 0.312 e. The van der Waals surface area contributed by atoms with Crippen molar-refractivity contribution in [2.24, 2.45) is 5.41 Å². The van der Waals surface area contributed by atoms with Crippen LogP contribution < -0.4 is 0 Å². The summed E-state index contributed by atoms with van der Waals surface area (Å²) in [4.78, 5) is 14.2. The highest BCUT2D eigenvalue weighted by Gasteiger charge is 2.38. The van der Waals surface area contributed by atoms with Crippen LogP contribution in [-0.4, -0.2) is 12.6 Å². The summed E-state index contributed by atoms with van der Waals surface area (Å²) in [6, 6.07) is 0. The Labute approximate surface area is 368 Å². The van der Waals surface area contributed by atoms with Gasteiger partial charge in [-0.05, 0) is 25.7 Å². The molecule has 0 aromatic heterocycles. The predicted molar refractivity (Wildman–Crippen MR) is 262 cm³/mol. The summed E-state index contributed by atoms with van der Waals surface area (Å²) in [6.07, 6.45) is 66.1. The molecule has 1 unspecified atom stereocenters. The molecule has 0 aliphatic carbocycles. The van der Waals surface area contributed by atoms with Gasteiger partial charge in [0, 0.05) is 0 Å². The first kappa shape index (κ1) is 57.5. The largest absolute Gasteiger partial charge is 0.465 e. The van der Waals surface area contributed by atoms with Crippen LogP contribution in [-0.2, 0) is 9.53 Å². The molecule has 0 spiro atoms. The molecule has 0 N–H and O–H groups in total. The summed E-state index contributed by atoms with van der Waals surface area (Å²) in [5, 5.41) is 0. The van der Waals surface area contributed by atoms with Crippen molar-refractivity contribution in [2.45, 2.75) is 342 Å². The van der Waals surface area contributed by atoms with Gasteiger partial charge in [0.05, 0.1) is 12.0 Å². The van der Waals surface area contributed by atoms with Gasteiger partial charge in [0.2, 0.25) is 0 Å². The van der Waals surface area contributed by atoms with Crippen LogP contribution in [0.1, 0.15) is 342 Å². The third kappa shape index (κ3) is 40.9. The van der Waals surface area contributed by atoms with Crippen molar-refractivity contribution in [1.82, 2.24) is 0 Å². The molecule has 348 valence electrons. The zero-order chi connectivity index (χ0) is 42.1. The lowest BCUT2D eigenvalue weighted by atomic mass is 9.74. The number of hydrogen-bond acceptors (Lipinski definition) is 2. The van der Waals surface area contributed by atoms with Crippen LogP contribution in [0.3, 0.4) is 0 Å². The van der Waals surface area contributed by atoms with Crippen molar-refractivity contribution in [3.63, 3.8) is 0 Å². The lowest BCUT2D eigenvalue weighted by Gasteiger charge is -2.32. The Hall–Kier alpha value is -0.530. The molecule has 0 aromatic carbocycles. The second kappa shape index (κ2) is 49.1.